The molecular formula is C17H17Cl2N3O2S. The summed E-state index contributed by atoms with van der Waals surface area (Å²) in [5.74, 6) is -0.241. The molecule has 5 nitrogen and oxygen atoms in total. The molecular weight excluding hydrogens is 381 g/mol. The Bertz CT molecular complexity index is 869. The fourth-order valence-corrected chi connectivity index (χ4v) is 3.84. The molecule has 1 aromatic heterocycles. The standard InChI is InChI=1S/C17H17Cl2N3O2S/c1-9(15(23)20-14-8-10(18)6-7-12(14)19)25-17-21-13-5-3-2-4-11(13)16(24)22-17/h6-9H,2-5H2,1H3,(H,20,23)(H,21,22,24). The summed E-state index contributed by atoms with van der Waals surface area (Å²) in [6.07, 6.45) is 3.64. The summed E-state index contributed by atoms with van der Waals surface area (Å²) in [4.78, 5) is 31.9. The zero-order chi connectivity index (χ0) is 18.0. The highest BCUT2D eigenvalue weighted by molar-refractivity contribution is 8.00. The van der Waals surface area contributed by atoms with Crippen LogP contribution in [0.2, 0.25) is 10.0 Å². The molecule has 1 aromatic carbocycles. The van der Waals surface area contributed by atoms with Crippen LogP contribution in [0.3, 0.4) is 0 Å². The number of aryl methyl sites for hydroxylation is 1. The number of benzene rings is 1. The van der Waals surface area contributed by atoms with Gasteiger partial charge in [-0.15, -0.1) is 0 Å². The number of rotatable bonds is 4. The molecule has 3 rings (SSSR count). The lowest BCUT2D eigenvalue weighted by Crippen LogP contribution is -2.25. The van der Waals surface area contributed by atoms with Crippen molar-refractivity contribution in [2.24, 2.45) is 0 Å². The average molecular weight is 398 g/mol. The van der Waals surface area contributed by atoms with Crippen LogP contribution in [0.4, 0.5) is 5.69 Å². The minimum Gasteiger partial charge on any atom is -0.324 e. The molecule has 1 atom stereocenters. The van der Waals surface area contributed by atoms with E-state index in [0.29, 0.717) is 20.9 Å². The van der Waals surface area contributed by atoms with Crippen molar-refractivity contribution in [2.45, 2.75) is 43.0 Å². The summed E-state index contributed by atoms with van der Waals surface area (Å²) >= 11 is 13.2. The van der Waals surface area contributed by atoms with E-state index in [2.05, 4.69) is 15.3 Å². The molecule has 132 valence electrons. The van der Waals surface area contributed by atoms with Crippen molar-refractivity contribution >= 4 is 46.6 Å². The first-order valence-electron chi connectivity index (χ1n) is 7.98. The second kappa shape index (κ2) is 7.81. The number of aromatic nitrogens is 2. The number of amides is 1. The Morgan fingerprint density at radius 1 is 1.32 bits per heavy atom. The first kappa shape index (κ1) is 18.3. The maximum atomic E-state index is 12.4. The van der Waals surface area contributed by atoms with E-state index in [0.717, 1.165) is 36.9 Å². The molecule has 1 aliphatic carbocycles. The third kappa shape index (κ3) is 4.37. The zero-order valence-corrected chi connectivity index (χ0v) is 15.9. The first-order valence-corrected chi connectivity index (χ1v) is 9.62. The van der Waals surface area contributed by atoms with E-state index in [-0.39, 0.29) is 11.5 Å². The molecule has 1 heterocycles. The summed E-state index contributed by atoms with van der Waals surface area (Å²) < 4.78 is 0. The third-order valence-electron chi connectivity index (χ3n) is 4.01. The Labute approximate surface area is 159 Å². The normalized spacial score (nSPS) is 14.7. The number of anilines is 1. The predicted molar refractivity (Wildman–Crippen MR) is 102 cm³/mol. The van der Waals surface area contributed by atoms with Crippen LogP contribution in [0.15, 0.2) is 28.2 Å². The van der Waals surface area contributed by atoms with Gasteiger partial charge in [-0.05, 0) is 50.8 Å². The number of hydrogen-bond acceptors (Lipinski definition) is 4. The van der Waals surface area contributed by atoms with Gasteiger partial charge in [0.2, 0.25) is 5.91 Å². The number of halogens is 2. The van der Waals surface area contributed by atoms with E-state index in [1.54, 1.807) is 25.1 Å². The molecule has 0 saturated heterocycles. The monoisotopic (exact) mass is 397 g/mol. The van der Waals surface area contributed by atoms with Gasteiger partial charge in [0.05, 0.1) is 21.7 Å². The smallest absolute Gasteiger partial charge is 0.254 e. The molecule has 8 heteroatoms. The van der Waals surface area contributed by atoms with Crippen LogP contribution < -0.4 is 10.9 Å². The Morgan fingerprint density at radius 3 is 2.88 bits per heavy atom. The maximum Gasteiger partial charge on any atom is 0.254 e. The number of nitrogens with one attached hydrogen (secondary N) is 2. The van der Waals surface area contributed by atoms with Gasteiger partial charge in [-0.25, -0.2) is 4.98 Å². The summed E-state index contributed by atoms with van der Waals surface area (Å²) in [7, 11) is 0. The minimum atomic E-state index is -0.458. The van der Waals surface area contributed by atoms with Gasteiger partial charge >= 0.3 is 0 Å². The van der Waals surface area contributed by atoms with Gasteiger partial charge < -0.3 is 10.3 Å². The van der Waals surface area contributed by atoms with Crippen LogP contribution >= 0.6 is 35.0 Å². The molecule has 0 bridgehead atoms. The quantitative estimate of drug-likeness (QED) is 0.601. The first-order chi connectivity index (χ1) is 11.9. The Hall–Kier alpha value is -1.50. The van der Waals surface area contributed by atoms with Gasteiger partial charge in [-0.3, -0.25) is 9.59 Å². The number of carbonyl (C=O) groups is 1. The maximum absolute atomic E-state index is 12.4. The molecule has 1 aliphatic rings. The number of carbonyl (C=O) groups excluding carboxylic acids is 1. The van der Waals surface area contributed by atoms with E-state index in [9.17, 15) is 9.59 Å². The van der Waals surface area contributed by atoms with Crippen molar-refractivity contribution in [1.29, 1.82) is 0 Å². The van der Waals surface area contributed by atoms with Crippen LogP contribution in [-0.4, -0.2) is 21.1 Å². The number of aromatic amines is 1. The highest BCUT2D eigenvalue weighted by Crippen LogP contribution is 2.27. The van der Waals surface area contributed by atoms with Crippen molar-refractivity contribution in [2.75, 3.05) is 5.32 Å². The van der Waals surface area contributed by atoms with Gasteiger partial charge in [-0.1, -0.05) is 35.0 Å². The van der Waals surface area contributed by atoms with Crippen LogP contribution in [0.5, 0.6) is 0 Å². The van der Waals surface area contributed by atoms with Crippen molar-refractivity contribution in [3.8, 4) is 0 Å². The molecule has 1 amide bonds. The summed E-state index contributed by atoms with van der Waals surface area (Å²) in [6, 6.07) is 4.87. The van der Waals surface area contributed by atoms with Gasteiger partial charge in [0.25, 0.3) is 5.56 Å². The van der Waals surface area contributed by atoms with Gasteiger partial charge in [0.15, 0.2) is 5.16 Å². The molecule has 0 aliphatic heterocycles. The van der Waals surface area contributed by atoms with Crippen LogP contribution in [0.25, 0.3) is 0 Å². The Kier molecular flexibility index (Phi) is 5.71. The number of H-pyrrole nitrogens is 1. The van der Waals surface area contributed by atoms with Gasteiger partial charge in [0.1, 0.15) is 0 Å². The second-order valence-corrected chi connectivity index (χ2v) is 8.05. The van der Waals surface area contributed by atoms with E-state index in [1.165, 1.54) is 11.8 Å². The van der Waals surface area contributed by atoms with E-state index >= 15 is 0 Å². The third-order valence-corrected chi connectivity index (χ3v) is 5.56. The molecule has 0 radical (unpaired) electrons. The SMILES string of the molecule is CC(Sc1nc2c(c(=O)[nH]1)CCCC2)C(=O)Nc1cc(Cl)ccc1Cl. The van der Waals surface area contributed by atoms with E-state index in [4.69, 9.17) is 23.2 Å². The number of hydrogen-bond donors (Lipinski definition) is 2. The molecule has 2 aromatic rings. The van der Waals surface area contributed by atoms with Crippen LogP contribution in [0, 0.1) is 0 Å². The van der Waals surface area contributed by atoms with Gasteiger partial charge in [0, 0.05) is 10.6 Å². The highest BCUT2D eigenvalue weighted by Gasteiger charge is 2.20. The van der Waals surface area contributed by atoms with Crippen LogP contribution in [-0.2, 0) is 17.6 Å². The summed E-state index contributed by atoms with van der Waals surface area (Å²) in [6.45, 7) is 1.75. The number of thioether (sulfide) groups is 1. The van der Waals surface area contributed by atoms with E-state index < -0.39 is 5.25 Å². The summed E-state index contributed by atoms with van der Waals surface area (Å²) in [5, 5.41) is 3.66. The Balaban J connectivity index is 1.72. The minimum absolute atomic E-state index is 0.0994. The van der Waals surface area contributed by atoms with Crippen molar-refractivity contribution in [1.82, 2.24) is 9.97 Å². The topological polar surface area (TPSA) is 74.8 Å². The molecule has 2 N–H and O–H groups in total. The molecule has 1 unspecified atom stereocenters. The average Bonchev–Trinajstić information content (AvgIpc) is 2.58. The lowest BCUT2D eigenvalue weighted by molar-refractivity contribution is -0.115. The molecule has 25 heavy (non-hydrogen) atoms. The largest absolute Gasteiger partial charge is 0.324 e. The van der Waals surface area contributed by atoms with Crippen molar-refractivity contribution in [3.63, 3.8) is 0 Å². The molecule has 0 saturated carbocycles. The lowest BCUT2D eigenvalue weighted by Gasteiger charge is -2.16. The van der Waals surface area contributed by atoms with Crippen molar-refractivity contribution < 1.29 is 4.79 Å². The zero-order valence-electron chi connectivity index (χ0n) is 13.6. The lowest BCUT2D eigenvalue weighted by atomic mass is 9.97. The Morgan fingerprint density at radius 2 is 2.08 bits per heavy atom. The molecule has 0 spiro atoms. The predicted octanol–water partition coefficient (Wildman–Crippen LogP) is 4.07. The number of nitrogens with zero attached hydrogens (tertiary/aromatic N) is 1. The fraction of sp³-hybridized carbons (Fsp3) is 0.353. The van der Waals surface area contributed by atoms with Crippen molar-refractivity contribution in [3.05, 3.63) is 49.9 Å². The van der Waals surface area contributed by atoms with Gasteiger partial charge in [-0.2, -0.15) is 0 Å². The second-order valence-electron chi connectivity index (χ2n) is 5.88. The van der Waals surface area contributed by atoms with Crippen LogP contribution in [0.1, 0.15) is 31.0 Å². The number of fused-ring (bicyclic) bond motifs is 1. The molecule has 0 fully saturated rings. The van der Waals surface area contributed by atoms with E-state index in [1.807, 2.05) is 0 Å². The fourth-order valence-electron chi connectivity index (χ4n) is 2.68. The summed E-state index contributed by atoms with van der Waals surface area (Å²) in [5.41, 5.74) is 1.98. The highest BCUT2D eigenvalue weighted by atomic mass is 35.5.